The van der Waals surface area contributed by atoms with Gasteiger partial charge in [0.2, 0.25) is 0 Å². The monoisotopic (exact) mass is 258 g/mol. The Morgan fingerprint density at radius 3 is 1.00 bits per heavy atom. The molecule has 82 valence electrons. The van der Waals surface area contributed by atoms with Crippen LogP contribution in [0.1, 0.15) is 33.9 Å². The van der Waals surface area contributed by atoms with E-state index in [0.29, 0.717) is 0 Å². The van der Waals surface area contributed by atoms with Crippen molar-refractivity contribution in [1.29, 1.82) is 0 Å². The third-order valence-electron chi connectivity index (χ3n) is 1.67. The molecule has 0 aliphatic rings. The molecule has 3 N–H and O–H groups in total. The Bertz CT molecular complexity index is 387. The van der Waals surface area contributed by atoms with Crippen LogP contribution >= 0.6 is 0 Å². The third kappa shape index (κ3) is 5.20. The van der Waals surface area contributed by atoms with Gasteiger partial charge in [0.15, 0.2) is 0 Å². The first-order valence-electron chi connectivity index (χ1n) is 3.77. The Labute approximate surface area is 143 Å². The fourth-order valence-electron chi connectivity index (χ4n) is 0.998. The van der Waals surface area contributed by atoms with Crippen LogP contribution in [-0.2, 0) is 0 Å². The molecule has 8 heteroatoms. The van der Waals surface area contributed by atoms with Crippen molar-refractivity contribution in [2.45, 2.75) is 0 Å². The van der Waals surface area contributed by atoms with E-state index < -0.39 is 17.9 Å². The first-order chi connectivity index (χ1) is 6.91. The van der Waals surface area contributed by atoms with E-state index in [1.807, 2.05) is 0 Å². The summed E-state index contributed by atoms with van der Waals surface area (Å²) >= 11 is 0. The molecule has 0 amide bonds. The second-order valence-corrected chi connectivity index (χ2v) is 2.71. The van der Waals surface area contributed by atoms with Gasteiger partial charge in [-0.2, -0.15) is 0 Å². The molecular formula is C9H8Na2O6. The summed E-state index contributed by atoms with van der Waals surface area (Å²) in [5, 5.41) is 25.8. The molecule has 0 aliphatic heterocycles. The molecular weight excluding hydrogens is 250 g/mol. The molecule has 0 saturated heterocycles. The molecule has 0 bridgehead atoms. The van der Waals surface area contributed by atoms with Crippen LogP contribution in [0.4, 0.5) is 0 Å². The molecule has 0 atom stereocenters. The number of carboxylic acid groups (broad SMARTS) is 3. The first kappa shape index (κ1) is 19.0. The third-order valence-corrected chi connectivity index (χ3v) is 1.67. The van der Waals surface area contributed by atoms with Crippen molar-refractivity contribution in [2.24, 2.45) is 0 Å². The van der Waals surface area contributed by atoms with Crippen molar-refractivity contribution >= 4 is 17.9 Å². The summed E-state index contributed by atoms with van der Waals surface area (Å²) in [6, 6.07) is 2.70. The van der Waals surface area contributed by atoms with Crippen molar-refractivity contribution in [2.75, 3.05) is 0 Å². The summed E-state index contributed by atoms with van der Waals surface area (Å²) in [7, 11) is 0. The molecule has 0 aromatic heterocycles. The van der Waals surface area contributed by atoms with Crippen LogP contribution in [0.3, 0.4) is 0 Å². The predicted octanol–water partition coefficient (Wildman–Crippen LogP) is -4.99. The molecule has 1 aromatic carbocycles. The van der Waals surface area contributed by atoms with Crippen molar-refractivity contribution in [3.63, 3.8) is 0 Å². The van der Waals surface area contributed by atoms with Gasteiger partial charge in [0.1, 0.15) is 0 Å². The van der Waals surface area contributed by atoms with Crippen molar-refractivity contribution in [3.8, 4) is 0 Å². The molecule has 0 aliphatic carbocycles. The number of carboxylic acids is 3. The number of hydrogen-bond donors (Lipinski definition) is 3. The molecule has 0 saturated carbocycles. The van der Waals surface area contributed by atoms with Gasteiger partial charge in [0, 0.05) is 0 Å². The average Bonchev–Trinajstić information content (AvgIpc) is 2.16. The van der Waals surface area contributed by atoms with Crippen LogP contribution in [0.2, 0.25) is 0 Å². The summed E-state index contributed by atoms with van der Waals surface area (Å²) in [5.74, 6) is -4.12. The second kappa shape index (κ2) is 7.86. The van der Waals surface area contributed by atoms with Gasteiger partial charge in [-0.15, -0.1) is 0 Å². The Hall–Kier alpha value is -0.370. The van der Waals surface area contributed by atoms with E-state index in [1.54, 1.807) is 0 Å². The van der Waals surface area contributed by atoms with Gasteiger partial charge in [0.25, 0.3) is 0 Å². The number of carbonyl (C=O) groups is 3. The maximum atomic E-state index is 10.6. The number of aromatic carboxylic acids is 3. The zero-order chi connectivity index (χ0) is 11.6. The van der Waals surface area contributed by atoms with Gasteiger partial charge in [-0.3, -0.25) is 0 Å². The zero-order valence-electron chi connectivity index (χ0n) is 11.3. The second-order valence-electron chi connectivity index (χ2n) is 2.71. The van der Waals surface area contributed by atoms with Gasteiger partial charge in [0.05, 0.1) is 16.7 Å². The standard InChI is InChI=1S/C9H6O6.2Na.2H/c10-7(11)4-1-5(8(12)13)3-6(2-4)9(14)15;;;;/h1-3H,(H,10,11)(H,12,13)(H,14,15);;;;/q;2*+1;2*-1. The van der Waals surface area contributed by atoms with Gasteiger partial charge < -0.3 is 18.2 Å². The number of benzene rings is 1. The van der Waals surface area contributed by atoms with E-state index in [1.165, 1.54) is 0 Å². The molecule has 1 aromatic rings. The van der Waals surface area contributed by atoms with Crippen LogP contribution in [0.25, 0.3) is 0 Å². The minimum Gasteiger partial charge on any atom is -1.00 e. The van der Waals surface area contributed by atoms with E-state index >= 15 is 0 Å². The van der Waals surface area contributed by atoms with Gasteiger partial charge in [-0.1, -0.05) is 0 Å². The molecule has 1 rings (SSSR count). The number of hydrogen-bond acceptors (Lipinski definition) is 3. The van der Waals surface area contributed by atoms with E-state index in [2.05, 4.69) is 0 Å². The quantitative estimate of drug-likeness (QED) is 0.468. The molecule has 0 spiro atoms. The summed E-state index contributed by atoms with van der Waals surface area (Å²) in [6.45, 7) is 0. The predicted molar refractivity (Wildman–Crippen MR) is 49.5 cm³/mol. The van der Waals surface area contributed by atoms with Crippen molar-refractivity contribution in [1.82, 2.24) is 0 Å². The average molecular weight is 258 g/mol. The molecule has 6 nitrogen and oxygen atoms in total. The Morgan fingerprint density at radius 2 is 0.882 bits per heavy atom. The smallest absolute Gasteiger partial charge is 1.00 e. The summed E-state index contributed by atoms with van der Waals surface area (Å²) in [5.41, 5.74) is -1.10. The molecule has 17 heavy (non-hydrogen) atoms. The molecule has 0 radical (unpaired) electrons. The maximum absolute atomic E-state index is 10.6. The summed E-state index contributed by atoms with van der Waals surface area (Å²) in [6.07, 6.45) is 0. The van der Waals surface area contributed by atoms with Crippen LogP contribution < -0.4 is 59.1 Å². The SMILES string of the molecule is O=C(O)c1cc(C(=O)O)cc(C(=O)O)c1.[H-].[H-].[Na+].[Na+]. The van der Waals surface area contributed by atoms with Crippen LogP contribution in [0.5, 0.6) is 0 Å². The van der Waals surface area contributed by atoms with Crippen molar-refractivity contribution in [3.05, 3.63) is 34.9 Å². The zero-order valence-corrected chi connectivity index (χ0v) is 13.3. The van der Waals surface area contributed by atoms with Crippen molar-refractivity contribution < 1.29 is 91.7 Å². The number of rotatable bonds is 3. The van der Waals surface area contributed by atoms with E-state index in [0.717, 1.165) is 18.2 Å². The Balaban J connectivity index is -0.000000281. The van der Waals surface area contributed by atoms with Crippen LogP contribution in [0.15, 0.2) is 18.2 Å². The topological polar surface area (TPSA) is 112 Å². The fourth-order valence-corrected chi connectivity index (χ4v) is 0.998. The Morgan fingerprint density at radius 1 is 0.706 bits per heavy atom. The molecule has 0 unspecified atom stereocenters. The van der Waals surface area contributed by atoms with Crippen LogP contribution in [0, 0.1) is 0 Å². The fraction of sp³-hybridized carbons (Fsp3) is 0. The molecule has 0 heterocycles. The largest absolute Gasteiger partial charge is 1.00 e. The summed E-state index contributed by atoms with van der Waals surface area (Å²) < 4.78 is 0. The summed E-state index contributed by atoms with van der Waals surface area (Å²) in [4.78, 5) is 31.7. The first-order valence-corrected chi connectivity index (χ1v) is 3.77. The van der Waals surface area contributed by atoms with E-state index in [4.69, 9.17) is 15.3 Å². The molecule has 0 fully saturated rings. The normalized spacial score (nSPS) is 8.47. The minimum atomic E-state index is -1.37. The van der Waals surface area contributed by atoms with Gasteiger partial charge in [-0.05, 0) is 18.2 Å². The maximum Gasteiger partial charge on any atom is 1.00 e. The van der Waals surface area contributed by atoms with E-state index in [9.17, 15) is 14.4 Å². The van der Waals surface area contributed by atoms with E-state index in [-0.39, 0.29) is 78.7 Å². The minimum absolute atomic E-state index is 0. The Kier molecular flexibility index (Phi) is 8.78. The van der Waals surface area contributed by atoms with Crippen LogP contribution in [-0.4, -0.2) is 33.2 Å². The van der Waals surface area contributed by atoms with Gasteiger partial charge >= 0.3 is 77.0 Å². The van der Waals surface area contributed by atoms with Gasteiger partial charge in [-0.25, -0.2) is 14.4 Å².